The van der Waals surface area contributed by atoms with Crippen LogP contribution in [0.4, 0.5) is 0 Å². The lowest BCUT2D eigenvalue weighted by Crippen LogP contribution is -2.37. The first-order valence-electron chi connectivity index (χ1n) is 6.95. The van der Waals surface area contributed by atoms with Gasteiger partial charge in [0.2, 0.25) is 0 Å². The quantitative estimate of drug-likeness (QED) is 0.867. The van der Waals surface area contributed by atoms with E-state index < -0.39 is 0 Å². The molecule has 1 aliphatic carbocycles. The van der Waals surface area contributed by atoms with Gasteiger partial charge in [-0.25, -0.2) is 0 Å². The van der Waals surface area contributed by atoms with E-state index in [4.69, 9.17) is 0 Å². The smallest absolute Gasteiger partial charge is 0.0410 e. The molecule has 1 N–H and O–H groups in total. The number of pyridine rings is 1. The number of nitrogens with zero attached hydrogens (tertiary/aromatic N) is 1. The third-order valence-corrected chi connectivity index (χ3v) is 4.23. The van der Waals surface area contributed by atoms with Crippen molar-refractivity contribution in [2.45, 2.75) is 33.1 Å². The van der Waals surface area contributed by atoms with Crippen molar-refractivity contribution in [3.05, 3.63) is 28.5 Å². The number of aromatic nitrogens is 1. The molecule has 1 aromatic rings. The van der Waals surface area contributed by atoms with Crippen molar-refractivity contribution in [1.29, 1.82) is 0 Å². The normalized spacial score (nSPS) is 23.1. The number of hydrogen-bond acceptors (Lipinski definition) is 2. The first-order chi connectivity index (χ1) is 8.65. The first-order valence-corrected chi connectivity index (χ1v) is 7.74. The van der Waals surface area contributed by atoms with E-state index in [0.717, 1.165) is 28.8 Å². The highest BCUT2D eigenvalue weighted by Gasteiger charge is 2.30. The average Bonchev–Trinajstić information content (AvgIpc) is 2.30. The second-order valence-electron chi connectivity index (χ2n) is 5.87. The standard InChI is InChI=1S/C15H23BrN2/c1-11(2)7-17-9-14-4-3-13(14)5-12-6-15(16)10-18-8-12/h6,8,10-11,13-14,17H,3-5,7,9H2,1-2H3. The molecule has 18 heavy (non-hydrogen) atoms. The lowest BCUT2D eigenvalue weighted by molar-refractivity contribution is 0.169. The van der Waals surface area contributed by atoms with Crippen molar-refractivity contribution in [2.24, 2.45) is 17.8 Å². The van der Waals surface area contributed by atoms with E-state index in [1.807, 2.05) is 12.4 Å². The minimum absolute atomic E-state index is 0.748. The molecule has 1 aliphatic rings. The summed E-state index contributed by atoms with van der Waals surface area (Å²) in [6.07, 6.45) is 7.80. The summed E-state index contributed by atoms with van der Waals surface area (Å²) in [7, 11) is 0. The maximum Gasteiger partial charge on any atom is 0.0410 e. The highest BCUT2D eigenvalue weighted by atomic mass is 79.9. The zero-order valence-corrected chi connectivity index (χ0v) is 12.9. The first kappa shape index (κ1) is 14.0. The third kappa shape index (κ3) is 4.06. The van der Waals surface area contributed by atoms with E-state index in [-0.39, 0.29) is 0 Å². The van der Waals surface area contributed by atoms with Gasteiger partial charge in [-0.05, 0) is 77.7 Å². The molecule has 100 valence electrons. The van der Waals surface area contributed by atoms with Crippen LogP contribution in [-0.4, -0.2) is 18.1 Å². The summed E-state index contributed by atoms with van der Waals surface area (Å²) in [6.45, 7) is 6.85. The molecule has 2 unspecified atom stereocenters. The van der Waals surface area contributed by atoms with Crippen LogP contribution in [0, 0.1) is 17.8 Å². The van der Waals surface area contributed by atoms with Crippen LogP contribution in [0.15, 0.2) is 22.9 Å². The molecule has 1 fully saturated rings. The monoisotopic (exact) mass is 310 g/mol. The largest absolute Gasteiger partial charge is 0.316 e. The number of rotatable bonds is 6. The van der Waals surface area contributed by atoms with Gasteiger partial charge >= 0.3 is 0 Å². The molecule has 0 aromatic carbocycles. The Kier molecular flexibility index (Phi) is 5.19. The van der Waals surface area contributed by atoms with Crippen molar-refractivity contribution < 1.29 is 0 Å². The Balaban J connectivity index is 1.76. The molecule has 2 nitrogen and oxygen atoms in total. The summed E-state index contributed by atoms with van der Waals surface area (Å²) >= 11 is 3.49. The number of hydrogen-bond donors (Lipinski definition) is 1. The molecular weight excluding hydrogens is 288 g/mol. The van der Waals surface area contributed by atoms with Crippen molar-refractivity contribution in [3.63, 3.8) is 0 Å². The van der Waals surface area contributed by atoms with E-state index in [1.165, 1.54) is 31.4 Å². The highest BCUT2D eigenvalue weighted by Crippen LogP contribution is 2.36. The lowest BCUT2D eigenvalue weighted by atomic mass is 9.71. The molecular formula is C15H23BrN2. The van der Waals surface area contributed by atoms with Gasteiger partial charge in [-0.2, -0.15) is 0 Å². The Labute approximate surface area is 119 Å². The predicted octanol–water partition coefficient (Wildman–Crippen LogP) is 3.66. The van der Waals surface area contributed by atoms with Crippen LogP contribution in [0.1, 0.15) is 32.3 Å². The van der Waals surface area contributed by atoms with E-state index >= 15 is 0 Å². The second kappa shape index (κ2) is 6.67. The maximum absolute atomic E-state index is 4.24. The zero-order valence-electron chi connectivity index (χ0n) is 11.3. The molecule has 1 saturated carbocycles. The van der Waals surface area contributed by atoms with Crippen LogP contribution < -0.4 is 5.32 Å². The molecule has 2 atom stereocenters. The van der Waals surface area contributed by atoms with Crippen LogP contribution >= 0.6 is 15.9 Å². The van der Waals surface area contributed by atoms with Gasteiger partial charge in [0, 0.05) is 16.9 Å². The summed E-state index contributed by atoms with van der Waals surface area (Å²) < 4.78 is 1.09. The van der Waals surface area contributed by atoms with Gasteiger partial charge in [-0.3, -0.25) is 4.98 Å². The Bertz CT molecular complexity index is 379. The number of halogens is 1. The van der Waals surface area contributed by atoms with E-state index in [0.29, 0.717) is 0 Å². The Morgan fingerprint density at radius 3 is 2.72 bits per heavy atom. The van der Waals surface area contributed by atoms with Crippen LogP contribution in [0.25, 0.3) is 0 Å². The minimum Gasteiger partial charge on any atom is -0.316 e. The fourth-order valence-electron chi connectivity index (χ4n) is 2.60. The molecule has 0 bridgehead atoms. The fraction of sp³-hybridized carbons (Fsp3) is 0.667. The molecule has 0 radical (unpaired) electrons. The minimum atomic E-state index is 0.748. The van der Waals surface area contributed by atoms with Crippen molar-refractivity contribution >= 4 is 15.9 Å². The number of nitrogens with one attached hydrogen (secondary N) is 1. The molecule has 3 heteroatoms. The van der Waals surface area contributed by atoms with Crippen molar-refractivity contribution in [3.8, 4) is 0 Å². The summed E-state index contributed by atoms with van der Waals surface area (Å²) in [5.41, 5.74) is 1.36. The van der Waals surface area contributed by atoms with Gasteiger partial charge in [0.05, 0.1) is 0 Å². The van der Waals surface area contributed by atoms with E-state index in [1.54, 1.807) is 0 Å². The summed E-state index contributed by atoms with van der Waals surface area (Å²) in [4.78, 5) is 4.24. The molecule has 0 aliphatic heterocycles. The molecule has 0 amide bonds. The average molecular weight is 311 g/mol. The van der Waals surface area contributed by atoms with Crippen LogP contribution in [-0.2, 0) is 6.42 Å². The molecule has 0 saturated heterocycles. The summed E-state index contributed by atoms with van der Waals surface area (Å²) in [5.74, 6) is 2.46. The molecule has 2 rings (SSSR count). The second-order valence-corrected chi connectivity index (χ2v) is 6.78. The van der Waals surface area contributed by atoms with Crippen molar-refractivity contribution in [1.82, 2.24) is 10.3 Å². The lowest BCUT2D eigenvalue weighted by Gasteiger charge is -2.37. The molecule has 1 aromatic heterocycles. The zero-order chi connectivity index (χ0) is 13.0. The summed E-state index contributed by atoms with van der Waals surface area (Å²) in [5, 5.41) is 3.59. The molecule has 1 heterocycles. The Hall–Kier alpha value is -0.410. The Morgan fingerprint density at radius 1 is 1.33 bits per heavy atom. The molecule has 0 spiro atoms. The predicted molar refractivity (Wildman–Crippen MR) is 79.6 cm³/mol. The van der Waals surface area contributed by atoms with Crippen LogP contribution in [0.5, 0.6) is 0 Å². The van der Waals surface area contributed by atoms with Crippen molar-refractivity contribution in [2.75, 3.05) is 13.1 Å². The van der Waals surface area contributed by atoms with Crippen LogP contribution in [0.3, 0.4) is 0 Å². The van der Waals surface area contributed by atoms with E-state index in [9.17, 15) is 0 Å². The summed E-state index contributed by atoms with van der Waals surface area (Å²) in [6, 6.07) is 2.20. The Morgan fingerprint density at radius 2 is 2.11 bits per heavy atom. The van der Waals surface area contributed by atoms with Gasteiger partial charge in [0.25, 0.3) is 0 Å². The van der Waals surface area contributed by atoms with E-state index in [2.05, 4.69) is 46.1 Å². The van der Waals surface area contributed by atoms with Gasteiger partial charge in [-0.1, -0.05) is 13.8 Å². The van der Waals surface area contributed by atoms with Gasteiger partial charge < -0.3 is 5.32 Å². The SMILES string of the molecule is CC(C)CNCC1CCC1Cc1cncc(Br)c1. The maximum atomic E-state index is 4.24. The van der Waals surface area contributed by atoms with Gasteiger partial charge in [-0.15, -0.1) is 0 Å². The highest BCUT2D eigenvalue weighted by molar-refractivity contribution is 9.10. The van der Waals surface area contributed by atoms with Gasteiger partial charge in [0.1, 0.15) is 0 Å². The third-order valence-electron chi connectivity index (χ3n) is 3.79. The topological polar surface area (TPSA) is 24.9 Å². The fourth-order valence-corrected chi connectivity index (χ4v) is 3.02. The van der Waals surface area contributed by atoms with Crippen LogP contribution in [0.2, 0.25) is 0 Å². The van der Waals surface area contributed by atoms with Gasteiger partial charge in [0.15, 0.2) is 0 Å².